The average molecular weight is 1060 g/mol. The molecule has 6 aromatic rings. The van der Waals surface area contributed by atoms with Gasteiger partial charge in [0.05, 0.1) is 40.2 Å². The topological polar surface area (TPSA) is 331 Å². The Morgan fingerprint density at radius 3 is 1.46 bits per heavy atom. The molecule has 4 amide bonds. The maximum Gasteiger partial charge on any atom is 0.490 e. The van der Waals surface area contributed by atoms with E-state index in [2.05, 4.69) is 25.8 Å². The molecule has 0 atom stereocenters. The molecule has 0 saturated heterocycles. The predicted molar refractivity (Wildman–Crippen MR) is 242 cm³/mol. The number of imidazole rings is 2. The van der Waals surface area contributed by atoms with E-state index in [1.54, 1.807) is 52.8 Å². The number of alkyl halides is 9. The fourth-order valence-electron chi connectivity index (χ4n) is 6.41. The van der Waals surface area contributed by atoms with E-state index in [4.69, 9.17) is 46.2 Å². The molecule has 0 spiro atoms. The maximum absolute atomic E-state index is 13.6. The van der Waals surface area contributed by atoms with Crippen molar-refractivity contribution >= 4 is 81.2 Å². The summed E-state index contributed by atoms with van der Waals surface area (Å²) in [6, 6.07) is 13.9. The number of nitrogens with one attached hydrogen (secondary N) is 2. The minimum absolute atomic E-state index is 0.172. The molecule has 6 rings (SSSR count). The van der Waals surface area contributed by atoms with E-state index >= 15 is 0 Å². The summed E-state index contributed by atoms with van der Waals surface area (Å²) in [5.41, 5.74) is 16.8. The zero-order chi connectivity index (χ0) is 56.2. The standard InChI is InChI=1S/C36H43N13O4.3C2HF3O2/c1-6-48-28(17-21(3)43-48)33(52)41-35-39-24-19-23(32(38)51)13-14-25(24)46(35)15-8-9-16-47-27-12-10-11-26(45(5)30(50)20-37)31(27)40-36(47)42-34(53)29-18-22(4)44-49(29)7-2;3*3-2(4,5)1(6)7/h10-14,17-19H,6-9,15-16,20,37H2,1-5H3,(H2,38,51)(H,39,41,52)(H,40,42,53);3*(H,6,7). The zero-order valence-electron chi connectivity index (χ0n) is 39.3. The molecule has 9 N–H and O–H groups in total. The molecular formula is C42H46F9N13O10. The maximum atomic E-state index is 13.6. The number of aromatic nitrogens is 8. The summed E-state index contributed by atoms with van der Waals surface area (Å²) in [4.78, 5) is 89.2. The van der Waals surface area contributed by atoms with Crippen molar-refractivity contribution in [2.45, 2.75) is 85.2 Å². The lowest BCUT2D eigenvalue weighted by atomic mass is 10.2. The summed E-state index contributed by atoms with van der Waals surface area (Å²) in [6.45, 7) is 9.23. The Morgan fingerprint density at radius 2 is 1.07 bits per heavy atom. The lowest BCUT2D eigenvalue weighted by Crippen LogP contribution is -2.32. The number of halogens is 9. The first-order valence-corrected chi connectivity index (χ1v) is 21.1. The number of amides is 4. The van der Waals surface area contributed by atoms with Gasteiger partial charge < -0.3 is 40.8 Å². The highest BCUT2D eigenvalue weighted by Gasteiger charge is 2.39. The van der Waals surface area contributed by atoms with E-state index in [0.29, 0.717) is 95.8 Å². The molecule has 2 aromatic carbocycles. The molecule has 0 radical (unpaired) electrons. The van der Waals surface area contributed by atoms with Gasteiger partial charge in [0, 0.05) is 38.8 Å². The van der Waals surface area contributed by atoms with Gasteiger partial charge in [-0.2, -0.15) is 49.7 Å². The molecule has 74 heavy (non-hydrogen) atoms. The minimum atomic E-state index is -5.08. The second-order valence-corrected chi connectivity index (χ2v) is 15.0. The average Bonchev–Trinajstić information content (AvgIpc) is 4.08. The van der Waals surface area contributed by atoms with E-state index in [0.717, 1.165) is 11.2 Å². The summed E-state index contributed by atoms with van der Waals surface area (Å²) in [5, 5.41) is 36.1. The molecule has 0 aliphatic rings. The first kappa shape index (κ1) is 59.7. The van der Waals surface area contributed by atoms with Crippen molar-refractivity contribution in [2.24, 2.45) is 11.5 Å². The fourth-order valence-corrected chi connectivity index (χ4v) is 6.41. The molecule has 4 aromatic heterocycles. The summed E-state index contributed by atoms with van der Waals surface area (Å²) in [5.74, 6) is -9.24. The second-order valence-electron chi connectivity index (χ2n) is 15.0. The molecule has 0 aliphatic heterocycles. The number of benzene rings is 2. The third-order valence-corrected chi connectivity index (χ3v) is 9.76. The molecule has 0 saturated carbocycles. The molecule has 402 valence electrons. The highest BCUT2D eigenvalue weighted by molar-refractivity contribution is 6.06. The van der Waals surface area contributed by atoms with Crippen LogP contribution in [0.2, 0.25) is 0 Å². The van der Waals surface area contributed by atoms with Crippen molar-refractivity contribution in [3.63, 3.8) is 0 Å². The Morgan fingerprint density at radius 1 is 0.649 bits per heavy atom. The first-order valence-electron chi connectivity index (χ1n) is 21.1. The Hall–Kier alpha value is -8.58. The normalized spacial score (nSPS) is 11.3. The van der Waals surface area contributed by atoms with Crippen LogP contribution in [0.25, 0.3) is 22.1 Å². The van der Waals surface area contributed by atoms with Crippen LogP contribution in [-0.2, 0) is 45.4 Å². The van der Waals surface area contributed by atoms with E-state index in [-0.39, 0.29) is 24.3 Å². The Labute approximate surface area is 410 Å². The van der Waals surface area contributed by atoms with Crippen molar-refractivity contribution in [3.8, 4) is 0 Å². The van der Waals surface area contributed by atoms with E-state index in [1.807, 2.05) is 49.0 Å². The van der Waals surface area contributed by atoms with Crippen molar-refractivity contribution in [2.75, 3.05) is 29.1 Å². The van der Waals surface area contributed by atoms with Crippen LogP contribution >= 0.6 is 0 Å². The van der Waals surface area contributed by atoms with Crippen LogP contribution in [0.15, 0.2) is 48.5 Å². The summed E-state index contributed by atoms with van der Waals surface area (Å²) < 4.78 is 102. The quantitative estimate of drug-likeness (QED) is 0.0535. The number of likely N-dealkylation sites (N-methyl/N-ethyl adjacent to an activating group) is 1. The molecule has 32 heteroatoms. The SMILES string of the molecule is CCn1nc(C)cc1C(=O)Nc1nc2cc(C(N)=O)ccc2n1CCCCn1c(NC(=O)c2cc(C)nn2CC)nc2c(N(C)C(=O)CN)cccc21.O=C(O)C(F)(F)F.O=C(O)C(F)(F)F.O=C(O)C(F)(F)F. The van der Waals surface area contributed by atoms with Crippen molar-refractivity contribution in [1.82, 2.24) is 38.7 Å². The second kappa shape index (κ2) is 24.7. The Bertz CT molecular complexity index is 2970. The molecule has 23 nitrogen and oxygen atoms in total. The number of primary amides is 1. The van der Waals surface area contributed by atoms with Crippen LogP contribution in [0.5, 0.6) is 0 Å². The number of nitrogens with zero attached hydrogens (tertiary/aromatic N) is 9. The number of fused-ring (bicyclic) bond motifs is 2. The Balaban J connectivity index is 0.000000576. The first-order chi connectivity index (χ1) is 34.3. The number of unbranched alkanes of at least 4 members (excludes halogenated alkanes) is 1. The van der Waals surface area contributed by atoms with Gasteiger partial charge in [0.2, 0.25) is 23.7 Å². The summed E-state index contributed by atoms with van der Waals surface area (Å²) in [6.07, 6.45) is -14.0. The van der Waals surface area contributed by atoms with Crippen LogP contribution < -0.4 is 27.0 Å². The predicted octanol–water partition coefficient (Wildman–Crippen LogP) is 5.34. The van der Waals surface area contributed by atoms with Crippen molar-refractivity contribution < 1.29 is 88.4 Å². The number of carboxylic acid groups (broad SMARTS) is 3. The van der Waals surface area contributed by atoms with Gasteiger partial charge in [-0.1, -0.05) is 6.07 Å². The van der Waals surface area contributed by atoms with Crippen LogP contribution in [0.1, 0.15) is 69.4 Å². The molecular weight excluding hydrogens is 1020 g/mol. The van der Waals surface area contributed by atoms with Crippen LogP contribution in [0, 0.1) is 13.8 Å². The van der Waals surface area contributed by atoms with Gasteiger partial charge in [0.15, 0.2) is 0 Å². The summed E-state index contributed by atoms with van der Waals surface area (Å²) in [7, 11) is 1.64. The zero-order valence-corrected chi connectivity index (χ0v) is 39.3. The molecule has 0 aliphatic carbocycles. The van der Waals surface area contributed by atoms with Gasteiger partial charge in [-0.05, 0) is 83.0 Å². The van der Waals surface area contributed by atoms with Gasteiger partial charge in [0.25, 0.3) is 11.8 Å². The van der Waals surface area contributed by atoms with E-state index in [1.165, 1.54) is 4.90 Å². The van der Waals surface area contributed by atoms with Crippen LogP contribution in [0.3, 0.4) is 0 Å². The number of carbonyl (C=O) groups is 7. The van der Waals surface area contributed by atoms with E-state index < -0.39 is 42.3 Å². The van der Waals surface area contributed by atoms with Crippen LogP contribution in [-0.4, -0.2) is 128 Å². The Kier molecular flexibility index (Phi) is 19.9. The third-order valence-electron chi connectivity index (χ3n) is 9.76. The van der Waals surface area contributed by atoms with Gasteiger partial charge in [-0.25, -0.2) is 24.4 Å². The molecule has 0 unspecified atom stereocenters. The van der Waals surface area contributed by atoms with Crippen molar-refractivity contribution in [3.05, 3.63) is 76.9 Å². The largest absolute Gasteiger partial charge is 0.490 e. The highest BCUT2D eigenvalue weighted by atomic mass is 19.4. The number of aliphatic carboxylic acids is 3. The molecule has 0 fully saturated rings. The van der Waals surface area contributed by atoms with Gasteiger partial charge in [-0.3, -0.25) is 39.2 Å². The number of carboxylic acids is 3. The summed E-state index contributed by atoms with van der Waals surface area (Å²) >= 11 is 0. The smallest absolute Gasteiger partial charge is 0.475 e. The monoisotopic (exact) mass is 1060 g/mol. The number of carbonyl (C=O) groups excluding carboxylic acids is 4. The lowest BCUT2D eigenvalue weighted by Gasteiger charge is -2.17. The fraction of sp³-hybridized carbons (Fsp3) is 0.357. The minimum Gasteiger partial charge on any atom is -0.475 e. The van der Waals surface area contributed by atoms with Crippen LogP contribution in [0.4, 0.5) is 57.1 Å². The number of para-hydroxylation sites is 1. The van der Waals surface area contributed by atoms with Crippen molar-refractivity contribution in [1.29, 1.82) is 0 Å². The number of nitrogens with two attached hydrogens (primary N) is 2. The molecule has 0 bridgehead atoms. The number of hydrogen-bond acceptors (Lipinski definition) is 12. The van der Waals surface area contributed by atoms with Gasteiger partial charge in [-0.15, -0.1) is 0 Å². The lowest BCUT2D eigenvalue weighted by molar-refractivity contribution is -0.193. The highest BCUT2D eigenvalue weighted by Crippen LogP contribution is 2.30. The van der Waals surface area contributed by atoms with Gasteiger partial charge >= 0.3 is 36.4 Å². The third kappa shape index (κ3) is 15.7. The number of hydrogen-bond donors (Lipinski definition) is 7. The van der Waals surface area contributed by atoms with Gasteiger partial charge in [0.1, 0.15) is 16.9 Å². The number of aryl methyl sites for hydroxylation is 6. The number of rotatable bonds is 14. The molecule has 4 heterocycles. The number of anilines is 3. The van der Waals surface area contributed by atoms with E-state index in [9.17, 15) is 58.7 Å².